The predicted octanol–water partition coefficient (Wildman–Crippen LogP) is 1.89. The zero-order valence-electron chi connectivity index (χ0n) is 13.4. The van der Waals surface area contributed by atoms with E-state index in [1.54, 1.807) is 18.2 Å². The van der Waals surface area contributed by atoms with E-state index in [4.69, 9.17) is 4.42 Å². The van der Waals surface area contributed by atoms with Crippen molar-refractivity contribution in [1.29, 1.82) is 0 Å². The number of benzene rings is 2. The second-order valence-corrected chi connectivity index (χ2v) is 5.76. The highest BCUT2D eigenvalue weighted by atomic mass is 16.4. The number of nitrogens with zero attached hydrogens (tertiary/aromatic N) is 4. The lowest BCUT2D eigenvalue weighted by atomic mass is 10.1. The van der Waals surface area contributed by atoms with Gasteiger partial charge in [0.2, 0.25) is 0 Å². The van der Waals surface area contributed by atoms with Crippen LogP contribution in [0.3, 0.4) is 0 Å². The van der Waals surface area contributed by atoms with Gasteiger partial charge in [-0.1, -0.05) is 30.3 Å². The third-order valence-electron chi connectivity index (χ3n) is 3.95. The highest BCUT2D eigenvalue weighted by Gasteiger charge is 2.12. The van der Waals surface area contributed by atoms with E-state index in [0.29, 0.717) is 16.8 Å². The van der Waals surface area contributed by atoms with Gasteiger partial charge in [-0.15, -0.1) is 0 Å². The fourth-order valence-electron chi connectivity index (χ4n) is 2.73. The molecule has 0 radical (unpaired) electrons. The Kier molecular flexibility index (Phi) is 3.53. The molecule has 0 saturated heterocycles. The molecule has 0 unspecified atom stereocenters. The first kappa shape index (κ1) is 15.1. The fraction of sp³-hybridized carbons (Fsp3) is 0.111. The molecule has 2 heterocycles. The maximum absolute atomic E-state index is 12.5. The minimum atomic E-state index is -0.461. The third kappa shape index (κ3) is 2.76. The monoisotopic (exact) mass is 334 g/mol. The molecule has 0 saturated carbocycles. The number of para-hydroxylation sites is 1. The summed E-state index contributed by atoms with van der Waals surface area (Å²) < 4.78 is 7.68. The van der Waals surface area contributed by atoms with Crippen molar-refractivity contribution in [1.82, 2.24) is 19.8 Å². The third-order valence-corrected chi connectivity index (χ3v) is 3.95. The number of tetrazole rings is 1. The summed E-state index contributed by atoms with van der Waals surface area (Å²) in [5.74, 6) is 0. The topological polar surface area (TPSA) is 82.9 Å². The second-order valence-electron chi connectivity index (χ2n) is 5.76. The summed E-state index contributed by atoms with van der Waals surface area (Å²) in [5, 5.41) is 8.61. The summed E-state index contributed by atoms with van der Waals surface area (Å²) in [6.45, 7) is 2.05. The maximum atomic E-state index is 12.5. The van der Waals surface area contributed by atoms with Gasteiger partial charge in [0, 0.05) is 11.5 Å². The molecule has 124 valence electrons. The van der Waals surface area contributed by atoms with Crippen LogP contribution >= 0.6 is 0 Å². The van der Waals surface area contributed by atoms with E-state index in [1.165, 1.54) is 15.4 Å². The summed E-state index contributed by atoms with van der Waals surface area (Å²) in [5.41, 5.74) is 1.93. The van der Waals surface area contributed by atoms with Crippen LogP contribution in [0.1, 0.15) is 11.1 Å². The van der Waals surface area contributed by atoms with Gasteiger partial charge in [0.1, 0.15) is 5.58 Å². The zero-order valence-corrected chi connectivity index (χ0v) is 13.4. The Morgan fingerprint density at radius 1 is 1.00 bits per heavy atom. The quantitative estimate of drug-likeness (QED) is 0.534. The standard InChI is InChI=1S/C18H14N4O3/c1-12-7-8-15-13(10-17(23)25-16(15)9-12)11-21-18(24)22(20-19-21)14-5-3-2-4-6-14/h2-10H,11H2,1H3. The van der Waals surface area contributed by atoms with Gasteiger partial charge in [0.25, 0.3) is 0 Å². The molecule has 0 bridgehead atoms. The lowest BCUT2D eigenvalue weighted by Crippen LogP contribution is -2.25. The molecule has 0 aliphatic carbocycles. The summed E-state index contributed by atoms with van der Waals surface area (Å²) in [6, 6.07) is 16.0. The number of fused-ring (bicyclic) bond motifs is 1. The molecule has 0 atom stereocenters. The van der Waals surface area contributed by atoms with E-state index in [1.807, 2.05) is 37.3 Å². The maximum Gasteiger partial charge on any atom is 0.368 e. The normalized spacial score (nSPS) is 11.1. The number of hydrogen-bond donors (Lipinski definition) is 0. The van der Waals surface area contributed by atoms with Crippen molar-refractivity contribution in [2.45, 2.75) is 13.5 Å². The van der Waals surface area contributed by atoms with Crippen LogP contribution in [-0.2, 0) is 6.54 Å². The lowest BCUT2D eigenvalue weighted by Gasteiger charge is -2.05. The Hall–Kier alpha value is -3.48. The summed E-state index contributed by atoms with van der Waals surface area (Å²) in [4.78, 5) is 24.4. The van der Waals surface area contributed by atoms with Crippen LogP contribution in [0, 0.1) is 6.92 Å². The van der Waals surface area contributed by atoms with E-state index in [-0.39, 0.29) is 12.2 Å². The zero-order chi connectivity index (χ0) is 17.4. The number of rotatable bonds is 3. The minimum absolute atomic E-state index is 0.136. The van der Waals surface area contributed by atoms with Gasteiger partial charge in [-0.25, -0.2) is 9.59 Å². The minimum Gasteiger partial charge on any atom is -0.423 e. The number of aryl methyl sites for hydroxylation is 1. The van der Waals surface area contributed by atoms with Crippen LogP contribution in [0.4, 0.5) is 0 Å². The Morgan fingerprint density at radius 2 is 1.80 bits per heavy atom. The van der Waals surface area contributed by atoms with E-state index >= 15 is 0 Å². The Bertz CT molecular complexity index is 1170. The lowest BCUT2D eigenvalue weighted by molar-refractivity contribution is 0.554. The molecule has 0 fully saturated rings. The van der Waals surface area contributed by atoms with E-state index < -0.39 is 5.63 Å². The summed E-state index contributed by atoms with van der Waals surface area (Å²) in [6.07, 6.45) is 0. The van der Waals surface area contributed by atoms with Crippen molar-refractivity contribution >= 4 is 11.0 Å². The molecule has 2 aromatic carbocycles. The van der Waals surface area contributed by atoms with Crippen molar-refractivity contribution in [3.63, 3.8) is 0 Å². The first-order chi connectivity index (χ1) is 12.1. The fourth-order valence-corrected chi connectivity index (χ4v) is 2.73. The molecule has 7 heteroatoms. The van der Waals surface area contributed by atoms with E-state index in [9.17, 15) is 9.59 Å². The largest absolute Gasteiger partial charge is 0.423 e. The van der Waals surface area contributed by atoms with Gasteiger partial charge in [0.15, 0.2) is 0 Å². The van der Waals surface area contributed by atoms with Crippen molar-refractivity contribution in [2.75, 3.05) is 0 Å². The van der Waals surface area contributed by atoms with Crippen molar-refractivity contribution in [3.8, 4) is 5.69 Å². The highest BCUT2D eigenvalue weighted by Crippen LogP contribution is 2.18. The first-order valence-corrected chi connectivity index (χ1v) is 7.73. The predicted molar refractivity (Wildman–Crippen MR) is 91.9 cm³/mol. The van der Waals surface area contributed by atoms with Gasteiger partial charge in [0.05, 0.1) is 12.2 Å². The van der Waals surface area contributed by atoms with Crippen LogP contribution < -0.4 is 11.3 Å². The molecule has 7 nitrogen and oxygen atoms in total. The average Bonchev–Trinajstić information content (AvgIpc) is 2.96. The second kappa shape index (κ2) is 5.86. The molecule has 0 aliphatic heterocycles. The average molecular weight is 334 g/mol. The molecule has 4 aromatic rings. The Balaban J connectivity index is 1.79. The van der Waals surface area contributed by atoms with Gasteiger partial charge in [-0.05, 0) is 46.7 Å². The Morgan fingerprint density at radius 3 is 2.60 bits per heavy atom. The van der Waals surface area contributed by atoms with Gasteiger partial charge in [-0.2, -0.15) is 9.36 Å². The molecule has 0 amide bonds. The molecule has 0 N–H and O–H groups in total. The molecule has 4 rings (SSSR count). The van der Waals surface area contributed by atoms with E-state index in [0.717, 1.165) is 10.9 Å². The number of aromatic nitrogens is 4. The molecule has 0 aliphatic rings. The summed E-state index contributed by atoms with van der Waals surface area (Å²) in [7, 11) is 0. The molecule has 0 spiro atoms. The first-order valence-electron chi connectivity index (χ1n) is 7.73. The number of hydrogen-bond acceptors (Lipinski definition) is 5. The van der Waals surface area contributed by atoms with Crippen molar-refractivity contribution in [3.05, 3.63) is 86.6 Å². The molecular formula is C18H14N4O3. The van der Waals surface area contributed by atoms with Crippen LogP contribution in [-0.4, -0.2) is 19.8 Å². The molecule has 2 aromatic heterocycles. The van der Waals surface area contributed by atoms with Crippen LogP contribution in [0.5, 0.6) is 0 Å². The summed E-state index contributed by atoms with van der Waals surface area (Å²) >= 11 is 0. The SMILES string of the molecule is Cc1ccc2c(Cn3nnn(-c4ccccc4)c3=O)cc(=O)oc2c1. The van der Waals surface area contributed by atoms with E-state index in [2.05, 4.69) is 10.4 Å². The van der Waals surface area contributed by atoms with Gasteiger partial charge >= 0.3 is 11.3 Å². The van der Waals surface area contributed by atoms with Gasteiger partial charge in [-0.3, -0.25) is 0 Å². The smallest absolute Gasteiger partial charge is 0.368 e. The highest BCUT2D eigenvalue weighted by molar-refractivity contribution is 5.80. The molecular weight excluding hydrogens is 320 g/mol. The van der Waals surface area contributed by atoms with Gasteiger partial charge < -0.3 is 4.42 Å². The Labute approximate surface area is 141 Å². The van der Waals surface area contributed by atoms with Crippen LogP contribution in [0.25, 0.3) is 16.7 Å². The van der Waals surface area contributed by atoms with Crippen molar-refractivity contribution in [2.24, 2.45) is 0 Å². The van der Waals surface area contributed by atoms with Crippen molar-refractivity contribution < 1.29 is 4.42 Å². The van der Waals surface area contributed by atoms with Crippen LogP contribution in [0.2, 0.25) is 0 Å². The van der Waals surface area contributed by atoms with Crippen LogP contribution in [0.15, 0.2) is 68.6 Å². The molecule has 25 heavy (non-hydrogen) atoms.